The zero-order valence-corrected chi connectivity index (χ0v) is 16.6. The van der Waals surface area contributed by atoms with Gasteiger partial charge >= 0.3 is 5.97 Å². The third kappa shape index (κ3) is 5.94. The summed E-state index contributed by atoms with van der Waals surface area (Å²) < 4.78 is 0. The van der Waals surface area contributed by atoms with Gasteiger partial charge in [-0.1, -0.05) is 59.2 Å². The van der Waals surface area contributed by atoms with Gasteiger partial charge in [0, 0.05) is 6.92 Å². The van der Waals surface area contributed by atoms with Crippen molar-refractivity contribution < 1.29 is 19.5 Å². The molecule has 2 aromatic rings. The second-order valence-electron chi connectivity index (χ2n) is 7.13. The Kier molecular flexibility index (Phi) is 6.93. The first-order valence-corrected chi connectivity index (χ1v) is 9.09. The van der Waals surface area contributed by atoms with E-state index in [4.69, 9.17) is 0 Å². The van der Waals surface area contributed by atoms with E-state index in [9.17, 15) is 19.5 Å². The Morgan fingerprint density at radius 3 is 1.93 bits per heavy atom. The smallest absolute Gasteiger partial charge is 0.330 e. The first kappa shape index (κ1) is 21.2. The molecule has 0 aliphatic rings. The van der Waals surface area contributed by atoms with Gasteiger partial charge in [-0.3, -0.25) is 9.59 Å². The Bertz CT molecular complexity index is 854. The number of aliphatic carboxylic acids is 1. The fourth-order valence-corrected chi connectivity index (χ4v) is 3.17. The van der Waals surface area contributed by atoms with Crippen molar-refractivity contribution in [2.24, 2.45) is 0 Å². The molecular weight excluding hydrogens is 356 g/mol. The van der Waals surface area contributed by atoms with Crippen LogP contribution in [0.3, 0.4) is 0 Å². The molecule has 6 nitrogen and oxygen atoms in total. The van der Waals surface area contributed by atoms with Crippen LogP contribution >= 0.6 is 0 Å². The van der Waals surface area contributed by atoms with Gasteiger partial charge in [0.05, 0.1) is 12.5 Å². The minimum atomic E-state index is -1.15. The summed E-state index contributed by atoms with van der Waals surface area (Å²) in [5.74, 6) is -1.85. The third-order valence-electron chi connectivity index (χ3n) is 4.38. The normalized spacial score (nSPS) is 12.7. The standard InChI is InChI=1S/C22H26N2O4/c1-13-5-7-17(8-6-13)19(23-16(4)25)12-20(26)24-21(22(27)28)18-10-14(2)9-15(3)11-18/h5-11,19,21H,12H2,1-4H3,(H,23,25)(H,24,26)(H,27,28). The van der Waals surface area contributed by atoms with E-state index in [1.165, 1.54) is 6.92 Å². The summed E-state index contributed by atoms with van der Waals surface area (Å²) in [6, 6.07) is 11.2. The maximum Gasteiger partial charge on any atom is 0.330 e. The SMILES string of the molecule is CC(=O)NC(CC(=O)NC(C(=O)O)c1cc(C)cc(C)c1)c1ccc(C)cc1. The average molecular weight is 382 g/mol. The van der Waals surface area contributed by atoms with Crippen molar-refractivity contribution in [3.05, 3.63) is 70.3 Å². The first-order valence-electron chi connectivity index (χ1n) is 9.09. The number of benzene rings is 2. The van der Waals surface area contributed by atoms with Gasteiger partial charge in [-0.2, -0.15) is 0 Å². The highest BCUT2D eigenvalue weighted by molar-refractivity contribution is 5.85. The molecule has 0 aliphatic heterocycles. The molecule has 0 saturated carbocycles. The quantitative estimate of drug-likeness (QED) is 0.686. The van der Waals surface area contributed by atoms with Crippen LogP contribution in [0.5, 0.6) is 0 Å². The Morgan fingerprint density at radius 2 is 1.43 bits per heavy atom. The summed E-state index contributed by atoms with van der Waals surface area (Å²) in [5.41, 5.74) is 4.21. The molecule has 28 heavy (non-hydrogen) atoms. The number of aryl methyl sites for hydroxylation is 3. The van der Waals surface area contributed by atoms with Gasteiger partial charge in [-0.25, -0.2) is 4.79 Å². The summed E-state index contributed by atoms with van der Waals surface area (Å²) >= 11 is 0. The number of carboxylic acids is 1. The van der Waals surface area contributed by atoms with Crippen molar-refractivity contribution in [3.63, 3.8) is 0 Å². The number of hydrogen-bond acceptors (Lipinski definition) is 3. The van der Waals surface area contributed by atoms with Crippen molar-refractivity contribution >= 4 is 17.8 Å². The highest BCUT2D eigenvalue weighted by atomic mass is 16.4. The van der Waals surface area contributed by atoms with Crippen LogP contribution in [0.4, 0.5) is 0 Å². The number of amides is 2. The van der Waals surface area contributed by atoms with E-state index in [1.807, 2.05) is 51.1 Å². The largest absolute Gasteiger partial charge is 0.479 e. The van der Waals surface area contributed by atoms with Crippen LogP contribution < -0.4 is 10.6 Å². The van der Waals surface area contributed by atoms with Crippen LogP contribution in [-0.2, 0) is 14.4 Å². The molecule has 2 rings (SSSR count). The lowest BCUT2D eigenvalue weighted by molar-refractivity contribution is -0.142. The van der Waals surface area contributed by atoms with Crippen molar-refractivity contribution in [3.8, 4) is 0 Å². The zero-order chi connectivity index (χ0) is 20.8. The van der Waals surface area contributed by atoms with Crippen molar-refractivity contribution in [1.29, 1.82) is 0 Å². The van der Waals surface area contributed by atoms with E-state index in [2.05, 4.69) is 10.6 Å². The van der Waals surface area contributed by atoms with Crippen molar-refractivity contribution in [2.75, 3.05) is 0 Å². The van der Waals surface area contributed by atoms with Gasteiger partial charge < -0.3 is 15.7 Å². The number of nitrogens with one attached hydrogen (secondary N) is 2. The number of carbonyl (C=O) groups is 3. The lowest BCUT2D eigenvalue weighted by Gasteiger charge is -2.21. The topological polar surface area (TPSA) is 95.5 Å². The lowest BCUT2D eigenvalue weighted by Crippen LogP contribution is -2.37. The predicted molar refractivity (Wildman–Crippen MR) is 107 cm³/mol. The summed E-state index contributed by atoms with van der Waals surface area (Å²) in [5, 5.41) is 14.9. The minimum absolute atomic E-state index is 0.0583. The molecular formula is C22H26N2O4. The maximum atomic E-state index is 12.6. The summed E-state index contributed by atoms with van der Waals surface area (Å²) in [6.45, 7) is 7.09. The fourth-order valence-electron chi connectivity index (χ4n) is 3.17. The lowest BCUT2D eigenvalue weighted by atomic mass is 9.99. The molecule has 148 valence electrons. The first-order chi connectivity index (χ1) is 13.2. The van der Waals surface area contributed by atoms with Crippen LogP contribution in [0.1, 0.15) is 53.2 Å². The highest BCUT2D eigenvalue weighted by Crippen LogP contribution is 2.21. The molecule has 0 saturated heterocycles. The van der Waals surface area contributed by atoms with Crippen LogP contribution in [0.2, 0.25) is 0 Å². The van der Waals surface area contributed by atoms with Crippen LogP contribution in [0.15, 0.2) is 42.5 Å². The molecule has 0 fully saturated rings. The van der Waals surface area contributed by atoms with E-state index in [1.54, 1.807) is 12.1 Å². The summed E-state index contributed by atoms with van der Waals surface area (Å²) in [4.78, 5) is 35.9. The molecule has 6 heteroatoms. The van der Waals surface area contributed by atoms with E-state index >= 15 is 0 Å². The van der Waals surface area contributed by atoms with E-state index < -0.39 is 24.0 Å². The molecule has 2 atom stereocenters. The van der Waals surface area contributed by atoms with Crippen LogP contribution in [0.25, 0.3) is 0 Å². The number of carbonyl (C=O) groups excluding carboxylic acids is 2. The van der Waals surface area contributed by atoms with Gasteiger partial charge in [0.25, 0.3) is 0 Å². The predicted octanol–water partition coefficient (Wildman–Crippen LogP) is 3.12. The number of carboxylic acid groups (broad SMARTS) is 1. The monoisotopic (exact) mass is 382 g/mol. The highest BCUT2D eigenvalue weighted by Gasteiger charge is 2.25. The third-order valence-corrected chi connectivity index (χ3v) is 4.38. The molecule has 0 heterocycles. The number of hydrogen-bond donors (Lipinski definition) is 3. The Hall–Kier alpha value is -3.15. The van der Waals surface area contributed by atoms with Gasteiger partial charge in [-0.05, 0) is 31.9 Å². The van der Waals surface area contributed by atoms with Crippen LogP contribution in [-0.4, -0.2) is 22.9 Å². The van der Waals surface area contributed by atoms with Crippen molar-refractivity contribution in [1.82, 2.24) is 10.6 Å². The second kappa shape index (κ2) is 9.17. The van der Waals surface area contributed by atoms with E-state index in [-0.39, 0.29) is 12.3 Å². The molecule has 0 aromatic heterocycles. The Balaban J connectivity index is 2.20. The van der Waals surface area contributed by atoms with Crippen LogP contribution in [0, 0.1) is 20.8 Å². The van der Waals surface area contributed by atoms with Crippen molar-refractivity contribution in [2.45, 2.75) is 46.2 Å². The van der Waals surface area contributed by atoms with Gasteiger partial charge in [-0.15, -0.1) is 0 Å². The molecule has 2 aromatic carbocycles. The zero-order valence-electron chi connectivity index (χ0n) is 16.6. The molecule has 3 N–H and O–H groups in total. The minimum Gasteiger partial charge on any atom is -0.479 e. The maximum absolute atomic E-state index is 12.6. The summed E-state index contributed by atoms with van der Waals surface area (Å²) in [7, 11) is 0. The van der Waals surface area contributed by atoms with E-state index in [0.717, 1.165) is 22.3 Å². The Labute approximate surface area is 165 Å². The molecule has 0 spiro atoms. The fraction of sp³-hybridized carbons (Fsp3) is 0.318. The molecule has 0 radical (unpaired) electrons. The molecule has 0 aliphatic carbocycles. The Morgan fingerprint density at radius 1 is 0.857 bits per heavy atom. The average Bonchev–Trinajstić information content (AvgIpc) is 2.58. The van der Waals surface area contributed by atoms with E-state index in [0.29, 0.717) is 5.56 Å². The molecule has 2 unspecified atom stereocenters. The summed E-state index contributed by atoms with van der Waals surface area (Å²) in [6.07, 6.45) is -0.0583. The van der Waals surface area contributed by atoms with Gasteiger partial charge in [0.15, 0.2) is 6.04 Å². The molecule has 0 bridgehead atoms. The van der Waals surface area contributed by atoms with Gasteiger partial charge in [0.1, 0.15) is 0 Å². The molecule has 2 amide bonds. The number of rotatable bonds is 7. The van der Waals surface area contributed by atoms with Gasteiger partial charge in [0.2, 0.25) is 11.8 Å². The second-order valence-corrected chi connectivity index (χ2v) is 7.13.